The highest BCUT2D eigenvalue weighted by molar-refractivity contribution is 6.35. The molecule has 8 rings (SSSR count). The maximum atomic E-state index is 4.96. The molecule has 0 saturated carbocycles. The van der Waals surface area contributed by atoms with Gasteiger partial charge in [-0.1, -0.05) is 66.7 Å². The highest BCUT2D eigenvalue weighted by Gasteiger charge is 2.24. The summed E-state index contributed by atoms with van der Waals surface area (Å²) in [5.41, 5.74) is 6.73. The molecule has 0 aliphatic rings. The largest absolute Gasteiger partial charge is 0.307 e. The Morgan fingerprint density at radius 2 is 1.06 bits per heavy atom. The van der Waals surface area contributed by atoms with Gasteiger partial charge in [-0.15, -0.1) is 0 Å². The van der Waals surface area contributed by atoms with E-state index in [1.807, 2.05) is 30.6 Å². The number of pyridine rings is 2. The van der Waals surface area contributed by atoms with Crippen molar-refractivity contribution >= 4 is 54.5 Å². The van der Waals surface area contributed by atoms with E-state index in [4.69, 9.17) is 9.97 Å². The molecule has 0 spiro atoms. The summed E-state index contributed by atoms with van der Waals surface area (Å²) in [6.07, 6.45) is 3.76. The SMILES string of the molecule is c1ccc(-n2c3ccccc3c3c4cccnc4c4c5ccccc5n(-c5ccccn5)c4c32)cc1. The molecule has 0 saturated heterocycles. The van der Waals surface area contributed by atoms with Crippen molar-refractivity contribution in [3.05, 3.63) is 122 Å². The second-order valence-corrected chi connectivity index (χ2v) is 9.08. The van der Waals surface area contributed by atoms with Crippen molar-refractivity contribution in [2.75, 3.05) is 0 Å². The van der Waals surface area contributed by atoms with E-state index in [9.17, 15) is 0 Å². The number of benzene rings is 4. The van der Waals surface area contributed by atoms with Crippen LogP contribution in [0, 0.1) is 0 Å². The Hall–Kier alpha value is -4.96. The van der Waals surface area contributed by atoms with Crippen molar-refractivity contribution in [3.8, 4) is 11.5 Å². The maximum absolute atomic E-state index is 4.96. The first-order valence-corrected chi connectivity index (χ1v) is 12.1. The number of hydrogen-bond acceptors (Lipinski definition) is 2. The fourth-order valence-corrected chi connectivity index (χ4v) is 5.82. The summed E-state index contributed by atoms with van der Waals surface area (Å²) in [4.78, 5) is 9.76. The van der Waals surface area contributed by atoms with Gasteiger partial charge in [-0.2, -0.15) is 0 Å². The van der Waals surface area contributed by atoms with E-state index in [0.29, 0.717) is 0 Å². The average molecular weight is 461 g/mol. The van der Waals surface area contributed by atoms with Crippen LogP contribution in [0.2, 0.25) is 0 Å². The van der Waals surface area contributed by atoms with Gasteiger partial charge in [-0.3, -0.25) is 9.55 Å². The fourth-order valence-electron chi connectivity index (χ4n) is 5.82. The van der Waals surface area contributed by atoms with Crippen LogP contribution >= 0.6 is 0 Å². The number of para-hydroxylation sites is 3. The lowest BCUT2D eigenvalue weighted by atomic mass is 10.0. The normalized spacial score (nSPS) is 11.9. The van der Waals surface area contributed by atoms with Gasteiger partial charge in [0.05, 0.1) is 27.6 Å². The summed E-state index contributed by atoms with van der Waals surface area (Å²) in [6.45, 7) is 0. The molecule has 4 heterocycles. The third-order valence-electron chi connectivity index (χ3n) is 7.18. The van der Waals surface area contributed by atoms with E-state index in [2.05, 4.69) is 100 Å². The number of fused-ring (bicyclic) bond motifs is 10. The lowest BCUT2D eigenvalue weighted by Crippen LogP contribution is -2.00. The number of aromatic nitrogens is 4. The van der Waals surface area contributed by atoms with Gasteiger partial charge in [0.25, 0.3) is 0 Å². The lowest BCUT2D eigenvalue weighted by Gasteiger charge is -2.13. The Morgan fingerprint density at radius 1 is 0.444 bits per heavy atom. The van der Waals surface area contributed by atoms with E-state index in [1.54, 1.807) is 0 Å². The molecule has 0 aliphatic carbocycles. The van der Waals surface area contributed by atoms with Gasteiger partial charge in [-0.25, -0.2) is 4.98 Å². The summed E-state index contributed by atoms with van der Waals surface area (Å²) < 4.78 is 4.71. The molecule has 168 valence electrons. The summed E-state index contributed by atoms with van der Waals surface area (Å²) in [7, 11) is 0. The molecular formula is C32H20N4. The number of nitrogens with zero attached hydrogens (tertiary/aromatic N) is 4. The van der Waals surface area contributed by atoms with Gasteiger partial charge < -0.3 is 4.57 Å². The van der Waals surface area contributed by atoms with Gasteiger partial charge in [0.1, 0.15) is 5.82 Å². The highest BCUT2D eigenvalue weighted by Crippen LogP contribution is 2.45. The zero-order chi connectivity index (χ0) is 23.6. The summed E-state index contributed by atoms with van der Waals surface area (Å²) >= 11 is 0. The quantitative estimate of drug-likeness (QED) is 0.264. The van der Waals surface area contributed by atoms with Crippen LogP contribution in [0.5, 0.6) is 0 Å². The van der Waals surface area contributed by atoms with Crippen molar-refractivity contribution in [2.24, 2.45) is 0 Å². The lowest BCUT2D eigenvalue weighted by molar-refractivity contribution is 1.08. The molecule has 4 aromatic heterocycles. The van der Waals surface area contributed by atoms with Crippen molar-refractivity contribution in [2.45, 2.75) is 0 Å². The zero-order valence-electron chi connectivity index (χ0n) is 19.3. The molecule has 0 bridgehead atoms. The topological polar surface area (TPSA) is 35.6 Å². The zero-order valence-corrected chi connectivity index (χ0v) is 19.3. The maximum Gasteiger partial charge on any atom is 0.137 e. The van der Waals surface area contributed by atoms with Crippen molar-refractivity contribution < 1.29 is 0 Å². The van der Waals surface area contributed by atoms with E-state index >= 15 is 0 Å². The Balaban J connectivity index is 1.79. The minimum absolute atomic E-state index is 0.894. The van der Waals surface area contributed by atoms with Gasteiger partial charge >= 0.3 is 0 Å². The monoisotopic (exact) mass is 460 g/mol. The summed E-state index contributed by atoms with van der Waals surface area (Å²) in [6, 6.07) is 38.2. The minimum Gasteiger partial charge on any atom is -0.307 e. The first-order valence-electron chi connectivity index (χ1n) is 12.1. The Labute approximate surface area is 206 Å². The van der Waals surface area contributed by atoms with Crippen LogP contribution in [0.4, 0.5) is 0 Å². The van der Waals surface area contributed by atoms with Gasteiger partial charge in [0, 0.05) is 45.0 Å². The van der Waals surface area contributed by atoms with Gasteiger partial charge in [0.2, 0.25) is 0 Å². The molecule has 4 aromatic carbocycles. The Morgan fingerprint density at radius 3 is 1.83 bits per heavy atom. The third kappa shape index (κ3) is 2.48. The van der Waals surface area contributed by atoms with Crippen LogP contribution in [0.15, 0.2) is 122 Å². The molecule has 0 amide bonds. The smallest absolute Gasteiger partial charge is 0.137 e. The summed E-state index contributed by atoms with van der Waals surface area (Å²) in [5, 5.41) is 5.92. The van der Waals surface area contributed by atoms with Crippen molar-refractivity contribution in [3.63, 3.8) is 0 Å². The molecule has 0 aliphatic heterocycles. The Bertz CT molecular complexity index is 1930. The predicted octanol–water partition coefficient (Wildman–Crippen LogP) is 7.82. The number of hydrogen-bond donors (Lipinski definition) is 0. The van der Waals surface area contributed by atoms with E-state index < -0.39 is 0 Å². The van der Waals surface area contributed by atoms with E-state index in [1.165, 1.54) is 27.2 Å². The average Bonchev–Trinajstić information content (AvgIpc) is 3.48. The second kappa shape index (κ2) is 7.27. The van der Waals surface area contributed by atoms with Crippen LogP contribution in [0.1, 0.15) is 0 Å². The van der Waals surface area contributed by atoms with Gasteiger partial charge in [0.15, 0.2) is 0 Å². The standard InChI is InChI=1S/C32H20N4/c1-2-11-21(12-3-1)35-25-16-6-4-13-22(25)28-24-15-10-20-34-30(24)29-23-14-5-7-17-26(23)36(32(29)31(28)35)27-18-8-9-19-33-27/h1-20H. The van der Waals surface area contributed by atoms with Crippen LogP contribution in [0.25, 0.3) is 66.0 Å². The molecule has 0 atom stereocenters. The van der Waals surface area contributed by atoms with E-state index in [0.717, 1.165) is 38.8 Å². The number of rotatable bonds is 2. The van der Waals surface area contributed by atoms with Gasteiger partial charge in [-0.05, 0) is 42.5 Å². The predicted molar refractivity (Wildman–Crippen MR) is 148 cm³/mol. The van der Waals surface area contributed by atoms with Crippen LogP contribution in [0.3, 0.4) is 0 Å². The highest BCUT2D eigenvalue weighted by atomic mass is 15.1. The first kappa shape index (κ1) is 19.4. The summed E-state index contributed by atoms with van der Waals surface area (Å²) in [5.74, 6) is 0.894. The van der Waals surface area contributed by atoms with Crippen molar-refractivity contribution in [1.82, 2.24) is 19.1 Å². The fraction of sp³-hybridized carbons (Fsp3) is 0. The molecule has 36 heavy (non-hydrogen) atoms. The third-order valence-corrected chi connectivity index (χ3v) is 7.18. The van der Waals surface area contributed by atoms with Crippen LogP contribution < -0.4 is 0 Å². The first-order chi connectivity index (χ1) is 17.9. The molecule has 0 fully saturated rings. The molecule has 4 nitrogen and oxygen atoms in total. The second-order valence-electron chi connectivity index (χ2n) is 9.08. The molecule has 8 aromatic rings. The Kier molecular flexibility index (Phi) is 3.91. The molecule has 0 unspecified atom stereocenters. The molecule has 4 heteroatoms. The van der Waals surface area contributed by atoms with Crippen molar-refractivity contribution in [1.29, 1.82) is 0 Å². The van der Waals surface area contributed by atoms with Crippen LogP contribution in [-0.4, -0.2) is 19.1 Å². The molecular weight excluding hydrogens is 440 g/mol. The molecule has 0 N–H and O–H groups in total. The minimum atomic E-state index is 0.894. The van der Waals surface area contributed by atoms with E-state index in [-0.39, 0.29) is 0 Å². The van der Waals surface area contributed by atoms with Crippen LogP contribution in [-0.2, 0) is 0 Å². The molecule has 0 radical (unpaired) electrons.